The standard InChI is InChI=1S/2C4H9.In.H/c2*1-4(2)3;;/h2*4H,1H2,2-3H3;;/q;;;-1. The maximum absolute atomic E-state index is 2.34. The van der Waals surface area contributed by atoms with E-state index in [1.807, 2.05) is 0 Å². The third-order valence-electron chi connectivity index (χ3n) is 1.28. The first-order chi connectivity index (χ1) is 4.13. The van der Waals surface area contributed by atoms with E-state index in [2.05, 4.69) is 27.7 Å². The van der Waals surface area contributed by atoms with Crippen LogP contribution in [0.4, 0.5) is 0 Å². The molecule has 0 bridgehead atoms. The first-order valence-corrected chi connectivity index (χ1v) is 8.60. The van der Waals surface area contributed by atoms with Gasteiger partial charge in [-0.05, 0) is 0 Å². The molecule has 0 rings (SSSR count). The minimum atomic E-state index is -0.0869. The molecule has 55 valence electrons. The Morgan fingerprint density at radius 1 is 1.00 bits per heavy atom. The van der Waals surface area contributed by atoms with Crippen LogP contribution in [0.5, 0.6) is 0 Å². The van der Waals surface area contributed by atoms with Crippen molar-refractivity contribution in [3.8, 4) is 0 Å². The second-order valence-electron chi connectivity index (χ2n) is 3.55. The van der Waals surface area contributed by atoms with Gasteiger partial charge in [0.05, 0.1) is 0 Å². The minimum Gasteiger partial charge on any atom is -1.00 e. The predicted octanol–water partition coefficient (Wildman–Crippen LogP) is 2.95. The Morgan fingerprint density at radius 3 is 1.56 bits per heavy atom. The Bertz CT molecular complexity index is 54.3. The van der Waals surface area contributed by atoms with Crippen LogP contribution in [0.15, 0.2) is 0 Å². The molecule has 0 saturated heterocycles. The van der Waals surface area contributed by atoms with Crippen LogP contribution in [0.2, 0.25) is 8.35 Å². The van der Waals surface area contributed by atoms with Crippen molar-refractivity contribution in [2.45, 2.75) is 36.0 Å². The van der Waals surface area contributed by atoms with Crippen molar-refractivity contribution in [1.82, 2.24) is 0 Å². The fourth-order valence-electron chi connectivity index (χ4n) is 0.763. The molecule has 0 heterocycles. The van der Waals surface area contributed by atoms with Crippen LogP contribution >= 0.6 is 0 Å². The first kappa shape index (κ1) is 9.87. The van der Waals surface area contributed by atoms with E-state index in [1.54, 1.807) is 8.35 Å². The molecular formula is C8H19In-. The van der Waals surface area contributed by atoms with Crippen molar-refractivity contribution in [1.29, 1.82) is 0 Å². The Labute approximate surface area is 72.3 Å². The van der Waals surface area contributed by atoms with Crippen LogP contribution in [0.3, 0.4) is 0 Å². The molecule has 0 atom stereocenters. The van der Waals surface area contributed by atoms with Crippen molar-refractivity contribution in [3.05, 3.63) is 0 Å². The molecule has 0 aromatic rings. The van der Waals surface area contributed by atoms with Crippen molar-refractivity contribution in [3.63, 3.8) is 0 Å². The molecule has 0 nitrogen and oxygen atoms in total. The number of rotatable bonds is 4. The van der Waals surface area contributed by atoms with Gasteiger partial charge in [0, 0.05) is 0 Å². The quantitative estimate of drug-likeness (QED) is 0.696. The van der Waals surface area contributed by atoms with E-state index >= 15 is 0 Å². The first-order valence-electron chi connectivity index (χ1n) is 3.94. The summed E-state index contributed by atoms with van der Waals surface area (Å²) in [6.07, 6.45) is 0. The molecule has 0 fully saturated rings. The molecule has 0 aromatic heterocycles. The molecule has 0 N–H and O–H groups in total. The maximum atomic E-state index is 2.34. The van der Waals surface area contributed by atoms with Gasteiger partial charge in [0.1, 0.15) is 0 Å². The summed E-state index contributed by atoms with van der Waals surface area (Å²) in [4.78, 5) is 0. The SMILES string of the molecule is CC(C)[CH2][In][CH2]C(C)C.[H-]. The Morgan fingerprint density at radius 2 is 1.33 bits per heavy atom. The third-order valence-corrected chi connectivity index (χ3v) is 8.56. The van der Waals surface area contributed by atoms with Crippen LogP contribution < -0.4 is 0 Å². The van der Waals surface area contributed by atoms with Gasteiger partial charge in [0.15, 0.2) is 0 Å². The van der Waals surface area contributed by atoms with Gasteiger partial charge < -0.3 is 1.43 Å². The van der Waals surface area contributed by atoms with Crippen LogP contribution in [-0.2, 0) is 0 Å². The van der Waals surface area contributed by atoms with Crippen molar-refractivity contribution < 1.29 is 1.43 Å². The smallest absolute Gasteiger partial charge is 1.00 e. The van der Waals surface area contributed by atoms with Crippen LogP contribution in [-0.4, -0.2) is 22.9 Å². The molecule has 0 aliphatic heterocycles. The Hall–Kier alpha value is 0.870. The average Bonchev–Trinajstić information content (AvgIpc) is 1.63. The van der Waals surface area contributed by atoms with E-state index in [9.17, 15) is 0 Å². The molecule has 1 heteroatoms. The van der Waals surface area contributed by atoms with Crippen molar-refractivity contribution in [2.75, 3.05) is 0 Å². The van der Waals surface area contributed by atoms with E-state index in [0.29, 0.717) is 0 Å². The van der Waals surface area contributed by atoms with Gasteiger partial charge in [-0.3, -0.25) is 0 Å². The molecule has 0 saturated carbocycles. The van der Waals surface area contributed by atoms with Gasteiger partial charge in [-0.25, -0.2) is 0 Å². The van der Waals surface area contributed by atoms with Gasteiger partial charge in [-0.1, -0.05) is 0 Å². The summed E-state index contributed by atoms with van der Waals surface area (Å²) in [5.74, 6) is 1.95. The van der Waals surface area contributed by atoms with Crippen LogP contribution in [0.25, 0.3) is 0 Å². The van der Waals surface area contributed by atoms with E-state index in [4.69, 9.17) is 0 Å². The predicted molar refractivity (Wildman–Crippen MR) is 46.2 cm³/mol. The van der Waals surface area contributed by atoms with Gasteiger partial charge >= 0.3 is 70.8 Å². The van der Waals surface area contributed by atoms with E-state index in [-0.39, 0.29) is 24.3 Å². The molecule has 0 aromatic carbocycles. The third kappa shape index (κ3) is 8.87. The maximum Gasteiger partial charge on any atom is -1.00 e. The summed E-state index contributed by atoms with van der Waals surface area (Å²) < 4.78 is 3.18. The summed E-state index contributed by atoms with van der Waals surface area (Å²) in [7, 11) is 0. The van der Waals surface area contributed by atoms with E-state index < -0.39 is 0 Å². The number of hydrogen-bond donors (Lipinski definition) is 0. The minimum absolute atomic E-state index is 0. The summed E-state index contributed by atoms with van der Waals surface area (Å²) in [5, 5.41) is 0. The normalized spacial score (nSPS) is 10.9. The van der Waals surface area contributed by atoms with Gasteiger partial charge in [-0.15, -0.1) is 0 Å². The average molecular weight is 230 g/mol. The summed E-state index contributed by atoms with van der Waals surface area (Å²) in [6, 6.07) is 0. The van der Waals surface area contributed by atoms with Crippen molar-refractivity contribution >= 4 is 22.9 Å². The topological polar surface area (TPSA) is 0 Å². The van der Waals surface area contributed by atoms with Crippen LogP contribution in [0.1, 0.15) is 29.1 Å². The second kappa shape index (κ2) is 5.64. The van der Waals surface area contributed by atoms with E-state index in [0.717, 1.165) is 11.8 Å². The molecule has 9 heavy (non-hydrogen) atoms. The fraction of sp³-hybridized carbons (Fsp3) is 1.00. The van der Waals surface area contributed by atoms with Crippen molar-refractivity contribution in [2.24, 2.45) is 11.8 Å². The summed E-state index contributed by atoms with van der Waals surface area (Å²) in [5.41, 5.74) is 0. The molecule has 1 radical (unpaired) electrons. The Balaban J connectivity index is 0. The molecular weight excluding hydrogens is 211 g/mol. The Kier molecular flexibility index (Phi) is 6.18. The molecule has 0 amide bonds. The second-order valence-corrected chi connectivity index (χ2v) is 7.89. The summed E-state index contributed by atoms with van der Waals surface area (Å²) >= 11 is -0.0869. The molecule has 0 unspecified atom stereocenters. The van der Waals surface area contributed by atoms with Gasteiger partial charge in [0.2, 0.25) is 0 Å². The van der Waals surface area contributed by atoms with Gasteiger partial charge in [-0.2, -0.15) is 0 Å². The van der Waals surface area contributed by atoms with E-state index in [1.165, 1.54) is 0 Å². The van der Waals surface area contributed by atoms with Gasteiger partial charge in [0.25, 0.3) is 0 Å². The zero-order valence-corrected chi connectivity index (χ0v) is 10.4. The fourth-order valence-corrected chi connectivity index (χ4v) is 5.12. The molecule has 0 aliphatic rings. The number of hydrogen-bond acceptors (Lipinski definition) is 0. The summed E-state index contributed by atoms with van der Waals surface area (Å²) in [6.45, 7) is 9.36. The largest absolute Gasteiger partial charge is 1.00 e. The zero-order valence-electron chi connectivity index (χ0n) is 8.15. The molecule has 0 spiro atoms. The zero-order chi connectivity index (χ0) is 7.28. The monoisotopic (exact) mass is 230 g/mol. The molecule has 0 aliphatic carbocycles. The van der Waals surface area contributed by atoms with Crippen LogP contribution in [0, 0.1) is 11.8 Å².